The second-order valence-corrected chi connectivity index (χ2v) is 7.93. The maximum absolute atomic E-state index is 10.4. The van der Waals surface area contributed by atoms with Gasteiger partial charge in [0.05, 0.1) is 13.2 Å². The zero-order valence-corrected chi connectivity index (χ0v) is 17.5. The molecule has 0 aliphatic carbocycles. The smallest absolute Gasteiger partial charge is 0.197 e. The van der Waals surface area contributed by atoms with E-state index in [4.69, 9.17) is 14.6 Å². The molecule has 7 heteroatoms. The van der Waals surface area contributed by atoms with Gasteiger partial charge in [-0.1, -0.05) is 64.7 Å². The van der Waals surface area contributed by atoms with Crippen molar-refractivity contribution in [1.29, 1.82) is 0 Å². The first kappa shape index (κ1) is 25.8. The maximum Gasteiger partial charge on any atom is 0.197 e. The van der Waals surface area contributed by atoms with Crippen LogP contribution in [0.1, 0.15) is 84.0 Å². The van der Waals surface area contributed by atoms with Gasteiger partial charge in [-0.3, -0.25) is 0 Å². The Hall–Kier alpha value is -0.280. The molecule has 0 spiro atoms. The molecule has 1 saturated heterocycles. The molecule has 1 fully saturated rings. The second-order valence-electron chi connectivity index (χ2n) is 7.93. The number of aliphatic hydroxyl groups excluding tert-OH is 5. The van der Waals surface area contributed by atoms with Crippen molar-refractivity contribution in [3.05, 3.63) is 0 Å². The summed E-state index contributed by atoms with van der Waals surface area (Å²) in [5.74, 6) is -1.52. The Morgan fingerprint density at radius 2 is 1.36 bits per heavy atom. The zero-order valence-electron chi connectivity index (χ0n) is 17.5. The summed E-state index contributed by atoms with van der Waals surface area (Å²) in [6, 6.07) is 0. The summed E-state index contributed by atoms with van der Waals surface area (Å²) in [5, 5.41) is 49.0. The number of hydrogen-bond acceptors (Lipinski definition) is 7. The predicted molar refractivity (Wildman–Crippen MR) is 107 cm³/mol. The van der Waals surface area contributed by atoms with Gasteiger partial charge in [0.2, 0.25) is 0 Å². The highest BCUT2D eigenvalue weighted by atomic mass is 16.7. The Morgan fingerprint density at radius 3 is 1.89 bits per heavy atom. The van der Waals surface area contributed by atoms with Gasteiger partial charge in [0.15, 0.2) is 5.79 Å². The van der Waals surface area contributed by atoms with Gasteiger partial charge in [-0.15, -0.1) is 0 Å². The summed E-state index contributed by atoms with van der Waals surface area (Å²) in [4.78, 5) is 0. The van der Waals surface area contributed by atoms with E-state index in [9.17, 15) is 20.4 Å². The van der Waals surface area contributed by atoms with Crippen molar-refractivity contribution in [3.63, 3.8) is 0 Å². The standard InChI is InChI=1S/C21H42O7/c1-2-3-4-5-6-7-8-9-10-11-15-27-21(13-12-14-22)20(26)19(25)18(24)17(16-23)28-21/h17-20,22-26H,2-16H2,1H3/t17-,18-,19+,20-,21?/m1/s1. The summed E-state index contributed by atoms with van der Waals surface area (Å²) >= 11 is 0. The molecule has 168 valence electrons. The Bertz CT molecular complexity index is 380. The first-order valence-electron chi connectivity index (χ1n) is 11.1. The molecule has 28 heavy (non-hydrogen) atoms. The largest absolute Gasteiger partial charge is 0.396 e. The molecule has 5 atom stereocenters. The highest BCUT2D eigenvalue weighted by Gasteiger charge is 2.53. The van der Waals surface area contributed by atoms with Gasteiger partial charge >= 0.3 is 0 Å². The highest BCUT2D eigenvalue weighted by molar-refractivity contribution is 4.97. The van der Waals surface area contributed by atoms with Crippen molar-refractivity contribution in [1.82, 2.24) is 0 Å². The van der Waals surface area contributed by atoms with Crippen LogP contribution in [0.4, 0.5) is 0 Å². The van der Waals surface area contributed by atoms with Crippen molar-refractivity contribution < 1.29 is 35.0 Å². The molecule has 0 bridgehead atoms. The van der Waals surface area contributed by atoms with Gasteiger partial charge in [0.1, 0.15) is 24.4 Å². The van der Waals surface area contributed by atoms with Crippen LogP contribution in [0.2, 0.25) is 0 Å². The summed E-state index contributed by atoms with van der Waals surface area (Å²) in [5.41, 5.74) is 0. The maximum atomic E-state index is 10.4. The van der Waals surface area contributed by atoms with Crippen molar-refractivity contribution in [2.45, 2.75) is 114 Å². The summed E-state index contributed by atoms with van der Waals surface area (Å²) < 4.78 is 11.5. The zero-order chi connectivity index (χ0) is 20.8. The number of hydrogen-bond donors (Lipinski definition) is 5. The van der Waals surface area contributed by atoms with Crippen LogP contribution in [0.25, 0.3) is 0 Å². The number of aliphatic hydroxyl groups is 5. The molecule has 1 unspecified atom stereocenters. The quantitative estimate of drug-likeness (QED) is 0.248. The first-order valence-corrected chi connectivity index (χ1v) is 11.1. The Kier molecular flexibility index (Phi) is 13.5. The fraction of sp³-hybridized carbons (Fsp3) is 1.00. The number of unbranched alkanes of at least 4 members (excludes halogenated alkanes) is 9. The van der Waals surface area contributed by atoms with E-state index in [1.165, 1.54) is 44.9 Å². The molecule has 0 saturated carbocycles. The van der Waals surface area contributed by atoms with E-state index >= 15 is 0 Å². The lowest BCUT2D eigenvalue weighted by atomic mass is 9.89. The fourth-order valence-corrected chi connectivity index (χ4v) is 3.77. The Labute approximate surface area is 169 Å². The van der Waals surface area contributed by atoms with Crippen LogP contribution in [-0.4, -0.2) is 75.6 Å². The third kappa shape index (κ3) is 8.22. The van der Waals surface area contributed by atoms with E-state index < -0.39 is 36.8 Å². The monoisotopic (exact) mass is 406 g/mol. The van der Waals surface area contributed by atoms with E-state index in [0.717, 1.165) is 19.3 Å². The molecule has 0 aromatic carbocycles. The van der Waals surface area contributed by atoms with E-state index in [0.29, 0.717) is 13.0 Å². The summed E-state index contributed by atoms with van der Waals surface area (Å²) in [6.07, 6.45) is 7.09. The van der Waals surface area contributed by atoms with Gasteiger partial charge < -0.3 is 35.0 Å². The molecule has 0 amide bonds. The lowest BCUT2D eigenvalue weighted by Gasteiger charge is -2.48. The minimum atomic E-state index is -1.52. The van der Waals surface area contributed by atoms with Gasteiger partial charge in [-0.25, -0.2) is 0 Å². The van der Waals surface area contributed by atoms with Crippen LogP contribution in [0, 0.1) is 0 Å². The van der Waals surface area contributed by atoms with Gasteiger partial charge in [0, 0.05) is 13.0 Å². The molecule has 0 radical (unpaired) electrons. The Balaban J connectivity index is 2.35. The van der Waals surface area contributed by atoms with Crippen LogP contribution in [0.3, 0.4) is 0 Å². The van der Waals surface area contributed by atoms with E-state index in [1.807, 2.05) is 0 Å². The van der Waals surface area contributed by atoms with Crippen molar-refractivity contribution in [3.8, 4) is 0 Å². The molecular weight excluding hydrogens is 364 g/mol. The van der Waals surface area contributed by atoms with Crippen LogP contribution < -0.4 is 0 Å². The van der Waals surface area contributed by atoms with Crippen LogP contribution in [-0.2, 0) is 9.47 Å². The molecule has 0 aromatic rings. The molecule has 1 heterocycles. The third-order valence-electron chi connectivity index (χ3n) is 5.56. The molecule has 1 aliphatic heterocycles. The van der Waals surface area contributed by atoms with Gasteiger partial charge in [0.25, 0.3) is 0 Å². The third-order valence-corrected chi connectivity index (χ3v) is 5.56. The molecular formula is C21H42O7. The van der Waals surface area contributed by atoms with Crippen molar-refractivity contribution in [2.24, 2.45) is 0 Å². The van der Waals surface area contributed by atoms with E-state index in [1.54, 1.807) is 0 Å². The van der Waals surface area contributed by atoms with Crippen molar-refractivity contribution >= 4 is 0 Å². The van der Waals surface area contributed by atoms with Gasteiger partial charge in [-0.05, 0) is 12.8 Å². The summed E-state index contributed by atoms with van der Waals surface area (Å²) in [6.45, 7) is 1.97. The SMILES string of the molecule is CCCCCCCCCCCCOC1(CCCO)O[C@H](CO)[C@@H](O)[C@H](O)[C@H]1O. The van der Waals surface area contributed by atoms with Crippen molar-refractivity contribution in [2.75, 3.05) is 19.8 Å². The first-order chi connectivity index (χ1) is 13.5. The highest BCUT2D eigenvalue weighted by Crippen LogP contribution is 2.35. The van der Waals surface area contributed by atoms with Crippen LogP contribution >= 0.6 is 0 Å². The minimum Gasteiger partial charge on any atom is -0.396 e. The number of ether oxygens (including phenoxy) is 2. The lowest BCUT2D eigenvalue weighted by molar-refractivity contribution is -0.367. The van der Waals surface area contributed by atoms with Gasteiger partial charge in [-0.2, -0.15) is 0 Å². The molecule has 1 aliphatic rings. The van der Waals surface area contributed by atoms with E-state index in [-0.39, 0.29) is 13.0 Å². The minimum absolute atomic E-state index is 0.109. The summed E-state index contributed by atoms with van der Waals surface area (Å²) in [7, 11) is 0. The van der Waals surface area contributed by atoms with Crippen LogP contribution in [0.15, 0.2) is 0 Å². The molecule has 1 rings (SSSR count). The Morgan fingerprint density at radius 1 is 0.786 bits per heavy atom. The predicted octanol–water partition coefficient (Wildman–Crippen LogP) is 1.87. The second kappa shape index (κ2) is 14.7. The van der Waals surface area contributed by atoms with E-state index in [2.05, 4.69) is 6.92 Å². The topological polar surface area (TPSA) is 120 Å². The average molecular weight is 407 g/mol. The molecule has 0 aromatic heterocycles. The average Bonchev–Trinajstić information content (AvgIpc) is 2.71. The molecule has 5 N–H and O–H groups in total. The lowest BCUT2D eigenvalue weighted by Crippen LogP contribution is -2.66. The molecule has 7 nitrogen and oxygen atoms in total. The number of rotatable bonds is 16. The normalized spacial score (nSPS) is 30.6. The van der Waals surface area contributed by atoms with Crippen LogP contribution in [0.5, 0.6) is 0 Å². The fourth-order valence-electron chi connectivity index (χ4n) is 3.77.